The molecule has 0 radical (unpaired) electrons. The highest BCUT2D eigenvalue weighted by Crippen LogP contribution is 2.39. The van der Waals surface area contributed by atoms with Gasteiger partial charge in [0.25, 0.3) is 5.56 Å². The summed E-state index contributed by atoms with van der Waals surface area (Å²) in [5.41, 5.74) is -1.66. The number of carboxylic acid groups (broad SMARTS) is 1. The number of piperidine rings is 1. The van der Waals surface area contributed by atoms with Crippen LogP contribution in [-0.2, 0) is 29.1 Å². The Morgan fingerprint density at radius 2 is 1.95 bits per heavy atom. The van der Waals surface area contributed by atoms with Gasteiger partial charge in [-0.25, -0.2) is 18.2 Å². The number of hydrogen-bond donors (Lipinski definition) is 1. The van der Waals surface area contributed by atoms with Crippen molar-refractivity contribution in [1.29, 1.82) is 0 Å². The zero-order chi connectivity index (χ0) is 31.0. The number of hydrogen-bond acceptors (Lipinski definition) is 6. The van der Waals surface area contributed by atoms with Crippen LogP contribution in [-0.4, -0.2) is 70.4 Å². The van der Waals surface area contributed by atoms with Crippen molar-refractivity contribution in [2.45, 2.75) is 56.9 Å². The van der Waals surface area contributed by atoms with Crippen LogP contribution < -0.4 is 5.56 Å². The van der Waals surface area contributed by atoms with E-state index in [-0.39, 0.29) is 74.4 Å². The van der Waals surface area contributed by atoms with Crippen LogP contribution in [0.4, 0.5) is 18.0 Å². The molecule has 0 saturated carbocycles. The summed E-state index contributed by atoms with van der Waals surface area (Å²) >= 11 is 9.36. The Kier molecular flexibility index (Phi) is 9.60. The summed E-state index contributed by atoms with van der Waals surface area (Å²) in [5, 5.41) is 9.46. The first-order chi connectivity index (χ1) is 19.7. The maximum atomic E-state index is 14.4. The SMILES string of the molecule is CCN(C(=O)O)[C@H]1CCCN(Cc2c(C(F)(F)F)cc3c(=O)n(Cc4cc(Cl)ccc4S(=O)(=O)CC)cnc3c2Br)C1. The number of halogens is 5. The first-order valence-electron chi connectivity index (χ1n) is 13.2. The molecule has 1 amide bonds. The predicted molar refractivity (Wildman–Crippen MR) is 156 cm³/mol. The fourth-order valence-corrected chi connectivity index (χ4v) is 7.30. The van der Waals surface area contributed by atoms with E-state index >= 15 is 0 Å². The number of carbonyl (C=O) groups is 1. The van der Waals surface area contributed by atoms with E-state index in [2.05, 4.69) is 20.9 Å². The standard InChI is InChI=1S/C27H29BrClF3N4O5S/c1-3-36(26(38)39)18-6-5-9-34(13-18)14-20-21(27(30,31)32)11-19-24(23(20)28)33-15-35(25(19)37)12-16-10-17(29)7-8-22(16)42(40,41)4-2/h7-8,10-11,15,18H,3-6,9,12-14H2,1-2H3,(H,38,39)/t18-/m0/s1. The Labute approximate surface area is 253 Å². The van der Waals surface area contributed by atoms with Crippen LogP contribution in [0.15, 0.2) is 44.8 Å². The van der Waals surface area contributed by atoms with Crippen molar-refractivity contribution in [3.63, 3.8) is 0 Å². The van der Waals surface area contributed by atoms with E-state index in [0.29, 0.717) is 19.4 Å². The Balaban J connectivity index is 1.77. The lowest BCUT2D eigenvalue weighted by Gasteiger charge is -2.38. The summed E-state index contributed by atoms with van der Waals surface area (Å²) in [5.74, 6) is -0.193. The molecule has 0 spiro atoms. The number of rotatable bonds is 8. The number of fused-ring (bicyclic) bond motifs is 1. The third-order valence-electron chi connectivity index (χ3n) is 7.43. The smallest absolute Gasteiger partial charge is 0.416 e. The number of amides is 1. The van der Waals surface area contributed by atoms with Crippen LogP contribution in [0.25, 0.3) is 10.9 Å². The van der Waals surface area contributed by atoms with Crippen molar-refractivity contribution in [1.82, 2.24) is 19.4 Å². The number of nitrogens with zero attached hydrogens (tertiary/aromatic N) is 4. The molecule has 1 aromatic heterocycles. The number of likely N-dealkylation sites (N-methyl/N-ethyl adjacent to an activating group) is 1. The van der Waals surface area contributed by atoms with Gasteiger partial charge in [-0.05, 0) is 77.6 Å². The van der Waals surface area contributed by atoms with E-state index in [1.807, 2.05) is 0 Å². The largest absolute Gasteiger partial charge is 0.465 e. The third kappa shape index (κ3) is 6.61. The first-order valence-corrected chi connectivity index (χ1v) is 16.0. The van der Waals surface area contributed by atoms with E-state index in [1.54, 1.807) is 11.8 Å². The van der Waals surface area contributed by atoms with Gasteiger partial charge in [0, 0.05) is 35.2 Å². The number of likely N-dealkylation sites (tertiary alicyclic amines) is 1. The van der Waals surface area contributed by atoms with Crippen LogP contribution >= 0.6 is 27.5 Å². The van der Waals surface area contributed by atoms with Crippen LogP contribution in [0.3, 0.4) is 0 Å². The Hall–Kier alpha value is -2.68. The van der Waals surface area contributed by atoms with Gasteiger partial charge in [-0.3, -0.25) is 14.3 Å². The van der Waals surface area contributed by atoms with Crippen LogP contribution in [0.1, 0.15) is 43.4 Å². The Morgan fingerprint density at radius 3 is 2.57 bits per heavy atom. The first kappa shape index (κ1) is 32.2. The van der Waals surface area contributed by atoms with Crippen molar-refractivity contribution >= 4 is 54.4 Å². The van der Waals surface area contributed by atoms with Gasteiger partial charge in [-0.15, -0.1) is 0 Å². The summed E-state index contributed by atoms with van der Waals surface area (Å²) in [6.07, 6.45) is -3.50. The number of aromatic nitrogens is 2. The summed E-state index contributed by atoms with van der Waals surface area (Å²) in [4.78, 5) is 32.4. The zero-order valence-electron chi connectivity index (χ0n) is 22.8. The number of alkyl halides is 3. The van der Waals surface area contributed by atoms with Crippen molar-refractivity contribution in [2.24, 2.45) is 0 Å². The molecule has 42 heavy (non-hydrogen) atoms. The molecule has 1 aliphatic heterocycles. The lowest BCUT2D eigenvalue weighted by molar-refractivity contribution is -0.138. The lowest BCUT2D eigenvalue weighted by Crippen LogP contribution is -2.49. The molecule has 0 aliphatic carbocycles. The zero-order valence-corrected chi connectivity index (χ0v) is 25.9. The molecular formula is C27H29BrClF3N4O5S. The molecule has 0 unspecified atom stereocenters. The average Bonchev–Trinajstić information content (AvgIpc) is 2.91. The molecule has 1 atom stereocenters. The highest BCUT2D eigenvalue weighted by atomic mass is 79.9. The molecule has 15 heteroatoms. The minimum atomic E-state index is -4.81. The Bertz CT molecular complexity index is 1680. The normalized spacial score (nSPS) is 16.6. The number of sulfone groups is 1. The van der Waals surface area contributed by atoms with E-state index < -0.39 is 33.2 Å². The molecule has 1 N–H and O–H groups in total. The lowest BCUT2D eigenvalue weighted by atomic mass is 10.00. The predicted octanol–water partition coefficient (Wildman–Crippen LogP) is 5.64. The molecule has 9 nitrogen and oxygen atoms in total. The van der Waals surface area contributed by atoms with Gasteiger partial charge in [0.15, 0.2) is 9.84 Å². The molecule has 1 fully saturated rings. The highest BCUT2D eigenvalue weighted by molar-refractivity contribution is 9.10. The second-order valence-electron chi connectivity index (χ2n) is 10.0. The quantitative estimate of drug-likeness (QED) is 0.325. The van der Waals surface area contributed by atoms with E-state index in [9.17, 15) is 36.3 Å². The molecule has 4 rings (SSSR count). The van der Waals surface area contributed by atoms with Crippen molar-refractivity contribution in [2.75, 3.05) is 25.4 Å². The summed E-state index contributed by atoms with van der Waals surface area (Å²) in [6.45, 7) is 3.78. The second kappa shape index (κ2) is 12.5. The maximum absolute atomic E-state index is 14.4. The van der Waals surface area contributed by atoms with Gasteiger partial charge in [0.1, 0.15) is 0 Å². The second-order valence-corrected chi connectivity index (χ2v) is 13.5. The van der Waals surface area contributed by atoms with Gasteiger partial charge in [0.2, 0.25) is 0 Å². The van der Waals surface area contributed by atoms with Crippen molar-refractivity contribution in [3.05, 3.63) is 67.1 Å². The molecular weight excluding hydrogens is 665 g/mol. The highest BCUT2D eigenvalue weighted by Gasteiger charge is 2.37. The van der Waals surface area contributed by atoms with E-state index in [4.69, 9.17) is 11.6 Å². The van der Waals surface area contributed by atoms with Gasteiger partial charge >= 0.3 is 12.3 Å². The molecule has 228 valence electrons. The summed E-state index contributed by atoms with van der Waals surface area (Å²) < 4.78 is 69.5. The fraction of sp³-hybridized carbons (Fsp3) is 0.444. The van der Waals surface area contributed by atoms with Crippen LogP contribution in [0.2, 0.25) is 5.02 Å². The summed E-state index contributed by atoms with van der Waals surface area (Å²) in [7, 11) is -3.68. The minimum Gasteiger partial charge on any atom is -0.465 e. The van der Waals surface area contributed by atoms with Crippen molar-refractivity contribution < 1.29 is 31.5 Å². The fourth-order valence-electron chi connectivity index (χ4n) is 5.34. The van der Waals surface area contributed by atoms with Gasteiger partial charge in [0.05, 0.1) is 40.0 Å². The van der Waals surface area contributed by atoms with Crippen LogP contribution in [0.5, 0.6) is 0 Å². The monoisotopic (exact) mass is 692 g/mol. The molecule has 3 aromatic rings. The molecule has 2 heterocycles. The van der Waals surface area contributed by atoms with E-state index in [1.165, 1.54) is 36.4 Å². The maximum Gasteiger partial charge on any atom is 0.416 e. The average molecular weight is 694 g/mol. The van der Waals surface area contributed by atoms with Crippen molar-refractivity contribution in [3.8, 4) is 0 Å². The van der Waals surface area contributed by atoms with Gasteiger partial charge in [-0.2, -0.15) is 13.2 Å². The third-order valence-corrected chi connectivity index (χ3v) is 10.4. The summed E-state index contributed by atoms with van der Waals surface area (Å²) in [6, 6.07) is 4.57. The minimum absolute atomic E-state index is 0.0151. The van der Waals surface area contributed by atoms with Crippen LogP contribution in [0, 0.1) is 0 Å². The molecule has 0 bridgehead atoms. The molecule has 2 aromatic carbocycles. The topological polar surface area (TPSA) is 113 Å². The Morgan fingerprint density at radius 1 is 1.24 bits per heavy atom. The number of benzene rings is 2. The van der Waals surface area contributed by atoms with E-state index in [0.717, 1.165) is 10.6 Å². The van der Waals surface area contributed by atoms with Gasteiger partial charge in [-0.1, -0.05) is 18.5 Å². The molecule has 1 aliphatic rings. The van der Waals surface area contributed by atoms with Gasteiger partial charge < -0.3 is 10.0 Å². The molecule has 1 saturated heterocycles.